The molecule has 8 heteroatoms. The summed E-state index contributed by atoms with van der Waals surface area (Å²) in [4.78, 5) is 22.1. The van der Waals surface area contributed by atoms with Crippen LogP contribution in [-0.4, -0.2) is 25.7 Å². The number of hydrogen-bond donors (Lipinski definition) is 2. The second-order valence-corrected chi connectivity index (χ2v) is 8.23. The summed E-state index contributed by atoms with van der Waals surface area (Å²) in [5.41, 5.74) is 5.46. The number of amides is 1. The topological polar surface area (TPSA) is 84.7 Å². The molecular formula is C27H23FN6O. The van der Waals surface area contributed by atoms with Crippen molar-refractivity contribution in [2.24, 2.45) is 0 Å². The number of aromatic nitrogens is 4. The van der Waals surface area contributed by atoms with Gasteiger partial charge in [-0.25, -0.2) is 19.0 Å². The second kappa shape index (κ2) is 9.34. The van der Waals surface area contributed by atoms with Gasteiger partial charge in [0.25, 0.3) is 5.91 Å². The van der Waals surface area contributed by atoms with Gasteiger partial charge >= 0.3 is 0 Å². The Morgan fingerprint density at radius 3 is 2.26 bits per heavy atom. The molecule has 0 atom stereocenters. The fourth-order valence-electron chi connectivity index (χ4n) is 3.79. The molecule has 0 spiro atoms. The van der Waals surface area contributed by atoms with Crippen molar-refractivity contribution < 1.29 is 9.18 Å². The van der Waals surface area contributed by atoms with Gasteiger partial charge < -0.3 is 10.6 Å². The van der Waals surface area contributed by atoms with Crippen LogP contribution < -0.4 is 10.6 Å². The van der Waals surface area contributed by atoms with Gasteiger partial charge in [0, 0.05) is 23.5 Å². The molecule has 2 N–H and O–H groups in total. The van der Waals surface area contributed by atoms with Gasteiger partial charge in [-0.2, -0.15) is 5.10 Å². The number of halogens is 1. The van der Waals surface area contributed by atoms with Crippen molar-refractivity contribution in [2.45, 2.75) is 20.4 Å². The van der Waals surface area contributed by atoms with Crippen molar-refractivity contribution in [3.63, 3.8) is 0 Å². The average Bonchev–Trinajstić information content (AvgIpc) is 3.21. The molecule has 0 aliphatic rings. The highest BCUT2D eigenvalue weighted by atomic mass is 19.1. The zero-order valence-electron chi connectivity index (χ0n) is 19.3. The summed E-state index contributed by atoms with van der Waals surface area (Å²) in [6, 6.07) is 22.8. The molecule has 3 aromatic carbocycles. The first-order chi connectivity index (χ1) is 17.0. The highest BCUT2D eigenvalue weighted by Crippen LogP contribution is 2.25. The first-order valence-electron chi connectivity index (χ1n) is 11.2. The van der Waals surface area contributed by atoms with E-state index in [4.69, 9.17) is 9.97 Å². The Hall–Kier alpha value is -4.59. The van der Waals surface area contributed by atoms with Gasteiger partial charge in [-0.1, -0.05) is 24.3 Å². The van der Waals surface area contributed by atoms with Crippen molar-refractivity contribution in [1.29, 1.82) is 0 Å². The molecule has 0 unspecified atom stereocenters. The Morgan fingerprint density at radius 1 is 0.914 bits per heavy atom. The molecule has 0 aliphatic heterocycles. The fraction of sp³-hybridized carbons (Fsp3) is 0.111. The lowest BCUT2D eigenvalue weighted by molar-refractivity contribution is 0.0951. The highest BCUT2D eigenvalue weighted by Gasteiger charge is 2.15. The van der Waals surface area contributed by atoms with Gasteiger partial charge in [-0.15, -0.1) is 0 Å². The summed E-state index contributed by atoms with van der Waals surface area (Å²) in [5.74, 6) is 0.633. The summed E-state index contributed by atoms with van der Waals surface area (Å²) in [7, 11) is 0. The van der Waals surface area contributed by atoms with Crippen LogP contribution in [0, 0.1) is 19.7 Å². The van der Waals surface area contributed by atoms with E-state index in [9.17, 15) is 9.18 Å². The SMILES string of the molecule is Cc1cc(C)n(-c2nc3ccccc3nc2Nc2ccc(C(=O)NCc3ccc(F)cc3)cc2)n1. The molecule has 2 heterocycles. The zero-order chi connectivity index (χ0) is 24.4. The molecule has 0 saturated heterocycles. The van der Waals surface area contributed by atoms with E-state index in [0.29, 0.717) is 23.7 Å². The van der Waals surface area contributed by atoms with E-state index in [-0.39, 0.29) is 11.7 Å². The van der Waals surface area contributed by atoms with Crippen molar-refractivity contribution in [1.82, 2.24) is 25.1 Å². The molecule has 0 saturated carbocycles. The average molecular weight is 467 g/mol. The second-order valence-electron chi connectivity index (χ2n) is 8.23. The van der Waals surface area contributed by atoms with Crippen LogP contribution in [0.1, 0.15) is 27.3 Å². The maximum absolute atomic E-state index is 13.1. The van der Waals surface area contributed by atoms with E-state index in [1.165, 1.54) is 12.1 Å². The standard InChI is InChI=1S/C27H23FN6O/c1-17-15-18(2)34(33-17)26-25(31-23-5-3-4-6-24(23)32-26)30-22-13-9-20(10-14-22)27(35)29-16-19-7-11-21(28)12-8-19/h3-15H,16H2,1-2H3,(H,29,35)(H,30,31). The number of hydrogen-bond acceptors (Lipinski definition) is 5. The number of rotatable bonds is 6. The minimum atomic E-state index is -0.305. The number of carbonyl (C=O) groups is 1. The normalized spacial score (nSPS) is 10.9. The number of fused-ring (bicyclic) bond motifs is 1. The summed E-state index contributed by atoms with van der Waals surface area (Å²) in [5, 5.41) is 10.8. The third-order valence-corrected chi connectivity index (χ3v) is 5.54. The first-order valence-corrected chi connectivity index (χ1v) is 11.2. The van der Waals surface area contributed by atoms with Gasteiger partial charge in [0.1, 0.15) is 5.82 Å². The van der Waals surface area contributed by atoms with Crippen LogP contribution >= 0.6 is 0 Å². The number of benzene rings is 3. The number of carbonyl (C=O) groups excluding carboxylic acids is 1. The van der Waals surface area contributed by atoms with Crippen LogP contribution in [0.25, 0.3) is 16.9 Å². The monoisotopic (exact) mass is 466 g/mol. The molecule has 7 nitrogen and oxygen atoms in total. The van der Waals surface area contributed by atoms with Gasteiger partial charge in [-0.05, 0) is 74.0 Å². The molecule has 0 aliphatic carbocycles. The highest BCUT2D eigenvalue weighted by molar-refractivity contribution is 5.94. The zero-order valence-corrected chi connectivity index (χ0v) is 19.3. The Morgan fingerprint density at radius 2 is 1.60 bits per heavy atom. The number of aryl methyl sites for hydroxylation is 2. The predicted octanol–water partition coefficient (Wildman–Crippen LogP) is 5.25. The fourth-order valence-corrected chi connectivity index (χ4v) is 3.79. The molecule has 1 amide bonds. The third kappa shape index (κ3) is 4.86. The van der Waals surface area contributed by atoms with Crippen LogP contribution in [0.2, 0.25) is 0 Å². The van der Waals surface area contributed by atoms with Crippen molar-refractivity contribution in [2.75, 3.05) is 5.32 Å². The van der Waals surface area contributed by atoms with Gasteiger partial charge in [0.05, 0.1) is 16.7 Å². The van der Waals surface area contributed by atoms with Crippen LogP contribution in [0.4, 0.5) is 15.9 Å². The van der Waals surface area contributed by atoms with E-state index in [1.54, 1.807) is 28.9 Å². The van der Waals surface area contributed by atoms with Crippen LogP contribution in [0.5, 0.6) is 0 Å². The Balaban J connectivity index is 1.38. The van der Waals surface area contributed by atoms with E-state index in [0.717, 1.165) is 33.7 Å². The minimum absolute atomic E-state index is 0.213. The predicted molar refractivity (Wildman–Crippen MR) is 133 cm³/mol. The van der Waals surface area contributed by atoms with E-state index in [1.807, 2.05) is 56.3 Å². The first kappa shape index (κ1) is 22.2. The molecule has 0 bridgehead atoms. The molecule has 0 radical (unpaired) electrons. The molecule has 35 heavy (non-hydrogen) atoms. The molecular weight excluding hydrogens is 443 g/mol. The Bertz CT molecular complexity index is 1510. The number of para-hydroxylation sites is 2. The van der Waals surface area contributed by atoms with Crippen molar-refractivity contribution >= 4 is 28.4 Å². The molecule has 5 aromatic rings. The molecule has 174 valence electrons. The lowest BCUT2D eigenvalue weighted by atomic mass is 10.1. The van der Waals surface area contributed by atoms with Gasteiger partial charge in [-0.3, -0.25) is 4.79 Å². The van der Waals surface area contributed by atoms with Crippen LogP contribution in [0.15, 0.2) is 78.9 Å². The summed E-state index contributed by atoms with van der Waals surface area (Å²) in [6.45, 7) is 4.22. The number of nitrogens with zero attached hydrogens (tertiary/aromatic N) is 4. The number of nitrogens with one attached hydrogen (secondary N) is 2. The van der Waals surface area contributed by atoms with Crippen LogP contribution in [-0.2, 0) is 6.54 Å². The van der Waals surface area contributed by atoms with E-state index < -0.39 is 0 Å². The maximum atomic E-state index is 13.1. The van der Waals surface area contributed by atoms with Gasteiger partial charge in [0.15, 0.2) is 11.6 Å². The lowest BCUT2D eigenvalue weighted by Gasteiger charge is -2.13. The smallest absolute Gasteiger partial charge is 0.251 e. The van der Waals surface area contributed by atoms with E-state index >= 15 is 0 Å². The summed E-state index contributed by atoms with van der Waals surface area (Å²) in [6.07, 6.45) is 0. The number of anilines is 2. The lowest BCUT2D eigenvalue weighted by Crippen LogP contribution is -2.22. The summed E-state index contributed by atoms with van der Waals surface area (Å²) < 4.78 is 14.8. The van der Waals surface area contributed by atoms with Crippen LogP contribution in [0.3, 0.4) is 0 Å². The largest absolute Gasteiger partial charge is 0.348 e. The maximum Gasteiger partial charge on any atom is 0.251 e. The Labute approximate surface area is 201 Å². The molecule has 5 rings (SSSR count). The Kier molecular flexibility index (Phi) is 5.93. The molecule has 0 fully saturated rings. The van der Waals surface area contributed by atoms with Crippen molar-refractivity contribution in [3.8, 4) is 5.82 Å². The molecule has 2 aromatic heterocycles. The minimum Gasteiger partial charge on any atom is -0.348 e. The summed E-state index contributed by atoms with van der Waals surface area (Å²) >= 11 is 0. The third-order valence-electron chi connectivity index (χ3n) is 5.54. The van der Waals surface area contributed by atoms with Gasteiger partial charge in [0.2, 0.25) is 0 Å². The quantitative estimate of drug-likeness (QED) is 0.357. The van der Waals surface area contributed by atoms with E-state index in [2.05, 4.69) is 15.7 Å². The van der Waals surface area contributed by atoms with Crippen molar-refractivity contribution in [3.05, 3.63) is 107 Å².